The van der Waals surface area contributed by atoms with Crippen LogP contribution in [0.2, 0.25) is 0 Å². The summed E-state index contributed by atoms with van der Waals surface area (Å²) in [6.07, 6.45) is 1.98. The van der Waals surface area contributed by atoms with E-state index in [4.69, 9.17) is 4.74 Å². The Morgan fingerprint density at radius 3 is 2.27 bits per heavy atom. The SMILES string of the molecule is C=CCN(C(=O)CC(C)C)[C@H](C)C(=O)c1c(C)c(C(=O)OC)n(C)c1C. The van der Waals surface area contributed by atoms with Crippen LogP contribution in [-0.2, 0) is 16.6 Å². The zero-order valence-corrected chi connectivity index (χ0v) is 16.9. The molecule has 0 N–H and O–H groups in total. The number of esters is 1. The molecule has 1 heterocycles. The number of amides is 1. The monoisotopic (exact) mass is 362 g/mol. The van der Waals surface area contributed by atoms with E-state index >= 15 is 0 Å². The van der Waals surface area contributed by atoms with Gasteiger partial charge in [0.15, 0.2) is 5.78 Å². The molecular formula is C20H30N2O4. The molecule has 0 aliphatic carbocycles. The highest BCUT2D eigenvalue weighted by Gasteiger charge is 2.32. The van der Waals surface area contributed by atoms with Gasteiger partial charge in [-0.3, -0.25) is 9.59 Å². The van der Waals surface area contributed by atoms with Crippen molar-refractivity contribution >= 4 is 17.7 Å². The molecule has 0 fully saturated rings. The molecule has 0 spiro atoms. The van der Waals surface area contributed by atoms with Crippen molar-refractivity contribution in [1.29, 1.82) is 0 Å². The van der Waals surface area contributed by atoms with Gasteiger partial charge < -0.3 is 14.2 Å². The molecule has 6 heteroatoms. The number of hydrogen-bond acceptors (Lipinski definition) is 4. The fourth-order valence-corrected chi connectivity index (χ4v) is 3.16. The average Bonchev–Trinajstić information content (AvgIpc) is 2.79. The summed E-state index contributed by atoms with van der Waals surface area (Å²) in [5.74, 6) is -0.563. The number of ketones is 1. The van der Waals surface area contributed by atoms with Crippen LogP contribution in [0.25, 0.3) is 0 Å². The Hall–Kier alpha value is -2.37. The second kappa shape index (κ2) is 8.83. The summed E-state index contributed by atoms with van der Waals surface area (Å²) < 4.78 is 6.49. The highest BCUT2D eigenvalue weighted by atomic mass is 16.5. The third-order valence-corrected chi connectivity index (χ3v) is 4.63. The van der Waals surface area contributed by atoms with Gasteiger partial charge in [-0.15, -0.1) is 6.58 Å². The zero-order valence-electron chi connectivity index (χ0n) is 16.9. The molecule has 1 aromatic rings. The number of carbonyl (C=O) groups excluding carboxylic acids is 3. The largest absolute Gasteiger partial charge is 0.464 e. The van der Waals surface area contributed by atoms with Crippen molar-refractivity contribution in [3.63, 3.8) is 0 Å². The van der Waals surface area contributed by atoms with Gasteiger partial charge in [-0.05, 0) is 32.3 Å². The number of hydrogen-bond donors (Lipinski definition) is 0. The molecule has 0 saturated heterocycles. The predicted octanol–water partition coefficient (Wildman–Crippen LogP) is 3.06. The molecule has 0 aliphatic heterocycles. The van der Waals surface area contributed by atoms with E-state index in [1.165, 1.54) is 7.11 Å². The van der Waals surface area contributed by atoms with Crippen molar-refractivity contribution in [3.05, 3.63) is 35.2 Å². The summed E-state index contributed by atoms with van der Waals surface area (Å²) in [4.78, 5) is 39.3. The third kappa shape index (κ3) is 4.23. The maximum absolute atomic E-state index is 13.2. The molecule has 1 rings (SSSR count). The van der Waals surface area contributed by atoms with Gasteiger partial charge in [0.2, 0.25) is 5.91 Å². The lowest BCUT2D eigenvalue weighted by Crippen LogP contribution is -2.44. The summed E-state index contributed by atoms with van der Waals surface area (Å²) in [6.45, 7) is 13.1. The molecule has 0 bridgehead atoms. The van der Waals surface area contributed by atoms with Crippen LogP contribution < -0.4 is 0 Å². The van der Waals surface area contributed by atoms with E-state index in [1.54, 1.807) is 43.4 Å². The second-order valence-electron chi connectivity index (χ2n) is 6.96. The molecule has 26 heavy (non-hydrogen) atoms. The summed E-state index contributed by atoms with van der Waals surface area (Å²) in [6, 6.07) is -0.649. The van der Waals surface area contributed by atoms with E-state index in [0.717, 1.165) is 0 Å². The van der Waals surface area contributed by atoms with E-state index in [-0.39, 0.29) is 17.6 Å². The van der Waals surface area contributed by atoms with Crippen molar-refractivity contribution in [1.82, 2.24) is 9.47 Å². The van der Waals surface area contributed by atoms with Gasteiger partial charge in [0.05, 0.1) is 13.2 Å². The highest BCUT2D eigenvalue weighted by Crippen LogP contribution is 2.25. The summed E-state index contributed by atoms with van der Waals surface area (Å²) in [5, 5.41) is 0. The van der Waals surface area contributed by atoms with E-state index < -0.39 is 12.0 Å². The maximum Gasteiger partial charge on any atom is 0.354 e. The number of Topliss-reactive ketones (excluding diaryl/α,β-unsaturated/α-hetero) is 1. The smallest absolute Gasteiger partial charge is 0.354 e. The van der Waals surface area contributed by atoms with Gasteiger partial charge in [0.25, 0.3) is 0 Å². The predicted molar refractivity (Wildman–Crippen MR) is 101 cm³/mol. The number of rotatable bonds is 8. The molecular weight excluding hydrogens is 332 g/mol. The number of ether oxygens (including phenoxy) is 1. The molecule has 0 radical (unpaired) electrons. The van der Waals surface area contributed by atoms with Crippen LogP contribution >= 0.6 is 0 Å². The van der Waals surface area contributed by atoms with Crippen LogP contribution in [-0.4, -0.2) is 46.8 Å². The fraction of sp³-hybridized carbons (Fsp3) is 0.550. The van der Waals surface area contributed by atoms with Gasteiger partial charge in [-0.2, -0.15) is 0 Å². The first kappa shape index (κ1) is 21.7. The maximum atomic E-state index is 13.2. The average molecular weight is 362 g/mol. The molecule has 1 aromatic heterocycles. The molecule has 0 aliphatic rings. The second-order valence-corrected chi connectivity index (χ2v) is 6.96. The summed E-state index contributed by atoms with van der Waals surface area (Å²) >= 11 is 0. The van der Waals surface area contributed by atoms with Crippen LogP contribution in [0.3, 0.4) is 0 Å². The van der Waals surface area contributed by atoms with Crippen LogP contribution in [0.4, 0.5) is 0 Å². The first-order valence-electron chi connectivity index (χ1n) is 8.77. The third-order valence-electron chi connectivity index (χ3n) is 4.63. The van der Waals surface area contributed by atoms with Crippen LogP contribution in [0.15, 0.2) is 12.7 Å². The van der Waals surface area contributed by atoms with E-state index in [0.29, 0.717) is 35.5 Å². The lowest BCUT2D eigenvalue weighted by atomic mass is 9.99. The Morgan fingerprint density at radius 2 is 1.81 bits per heavy atom. The van der Waals surface area contributed by atoms with Gasteiger partial charge in [0.1, 0.15) is 5.69 Å². The van der Waals surface area contributed by atoms with E-state index in [9.17, 15) is 14.4 Å². The van der Waals surface area contributed by atoms with E-state index in [1.807, 2.05) is 13.8 Å². The fourth-order valence-electron chi connectivity index (χ4n) is 3.16. The van der Waals surface area contributed by atoms with Gasteiger partial charge in [-0.1, -0.05) is 19.9 Å². The number of aromatic nitrogens is 1. The summed E-state index contributed by atoms with van der Waals surface area (Å²) in [7, 11) is 3.03. The Bertz CT molecular complexity index is 716. The van der Waals surface area contributed by atoms with Crippen LogP contribution in [0.5, 0.6) is 0 Å². The van der Waals surface area contributed by atoms with Crippen LogP contribution in [0.1, 0.15) is 59.3 Å². The Morgan fingerprint density at radius 1 is 1.23 bits per heavy atom. The zero-order chi connectivity index (χ0) is 20.2. The topological polar surface area (TPSA) is 68.6 Å². The van der Waals surface area contributed by atoms with Gasteiger partial charge in [-0.25, -0.2) is 4.79 Å². The van der Waals surface area contributed by atoms with E-state index in [2.05, 4.69) is 6.58 Å². The number of carbonyl (C=O) groups is 3. The first-order chi connectivity index (χ1) is 12.1. The molecule has 0 unspecified atom stereocenters. The minimum atomic E-state index is -0.649. The minimum Gasteiger partial charge on any atom is -0.464 e. The standard InChI is InChI=1S/C20H30N2O4/c1-9-10-22(16(23)11-12(2)3)15(6)19(24)17-13(4)18(20(25)26-8)21(7)14(17)5/h9,12,15H,1,10-11H2,2-8H3/t15-/m1/s1. The van der Waals surface area contributed by atoms with Gasteiger partial charge in [0, 0.05) is 31.3 Å². The van der Waals surface area contributed by atoms with Crippen molar-refractivity contribution in [2.45, 2.75) is 47.1 Å². The highest BCUT2D eigenvalue weighted by molar-refractivity contribution is 6.06. The minimum absolute atomic E-state index is 0.0832. The Kier molecular flexibility index (Phi) is 7.36. The van der Waals surface area contributed by atoms with Crippen LogP contribution in [0, 0.1) is 19.8 Å². The Balaban J connectivity index is 3.31. The van der Waals surface area contributed by atoms with Crippen molar-refractivity contribution in [3.8, 4) is 0 Å². The van der Waals surface area contributed by atoms with Crippen molar-refractivity contribution in [2.75, 3.05) is 13.7 Å². The molecule has 1 atom stereocenters. The van der Waals surface area contributed by atoms with Gasteiger partial charge >= 0.3 is 5.97 Å². The molecule has 144 valence electrons. The number of methoxy groups -OCH3 is 1. The number of nitrogens with zero attached hydrogens (tertiary/aromatic N) is 2. The van der Waals surface area contributed by atoms with Crippen molar-refractivity contribution in [2.24, 2.45) is 13.0 Å². The molecule has 0 aromatic carbocycles. The Labute approximate surface area is 155 Å². The lowest BCUT2D eigenvalue weighted by molar-refractivity contribution is -0.132. The first-order valence-corrected chi connectivity index (χ1v) is 8.77. The van der Waals surface area contributed by atoms with Crippen molar-refractivity contribution < 1.29 is 19.1 Å². The quantitative estimate of drug-likeness (QED) is 0.405. The normalized spacial score (nSPS) is 12.0. The molecule has 0 saturated carbocycles. The lowest BCUT2D eigenvalue weighted by Gasteiger charge is -2.28. The molecule has 1 amide bonds. The molecule has 6 nitrogen and oxygen atoms in total. The summed E-state index contributed by atoms with van der Waals surface area (Å²) in [5.41, 5.74) is 2.06.